The highest BCUT2D eigenvalue weighted by molar-refractivity contribution is 8.15. The van der Waals surface area contributed by atoms with Crippen molar-refractivity contribution in [3.8, 4) is 0 Å². The Hall–Kier alpha value is -1.95. The number of hydrogen-bond acceptors (Lipinski definition) is 9. The second-order valence-electron chi connectivity index (χ2n) is 13.2. The van der Waals surface area contributed by atoms with Gasteiger partial charge in [0.05, 0.1) is 50.3 Å². The first-order valence-electron chi connectivity index (χ1n) is 17.5. The number of esters is 2. The minimum Gasteiger partial charge on any atom is -0.469 e. The van der Waals surface area contributed by atoms with Crippen LogP contribution in [0.1, 0.15) is 39.0 Å². The minimum absolute atomic E-state index is 0.0316. The van der Waals surface area contributed by atoms with Gasteiger partial charge in [-0.25, -0.2) is 4.79 Å². The molecule has 3 fully saturated rings. The van der Waals surface area contributed by atoms with E-state index in [1.165, 1.54) is 14.2 Å². The number of carbonyl (C=O) groups excluding carboxylic acids is 5. The number of allylic oxidation sites excluding steroid dienone is 3. The van der Waals surface area contributed by atoms with Gasteiger partial charge in [-0.1, -0.05) is 39.3 Å². The van der Waals surface area contributed by atoms with Gasteiger partial charge in [-0.15, -0.1) is 31.0 Å². The molecule has 288 valence electrons. The van der Waals surface area contributed by atoms with Gasteiger partial charge in [0.2, 0.25) is 11.8 Å². The van der Waals surface area contributed by atoms with Gasteiger partial charge in [-0.2, -0.15) is 0 Å². The van der Waals surface area contributed by atoms with Crippen LogP contribution in [0.25, 0.3) is 0 Å². The van der Waals surface area contributed by atoms with E-state index in [9.17, 15) is 24.0 Å². The molecule has 1 aliphatic heterocycles. The molecule has 13 atom stereocenters. The van der Waals surface area contributed by atoms with Crippen LogP contribution in [-0.4, -0.2) is 101 Å². The molecular weight excluding hydrogens is 728 g/mol. The van der Waals surface area contributed by atoms with Gasteiger partial charge in [0, 0.05) is 19.6 Å². The molecule has 4 unspecified atom stereocenters. The highest BCUT2D eigenvalue weighted by atomic mass is 32.0. The van der Waals surface area contributed by atoms with Crippen molar-refractivity contribution in [1.82, 2.24) is 15.5 Å². The molecule has 2 aliphatic carbocycles. The third-order valence-electron chi connectivity index (χ3n) is 9.92. The SMILES string of the molecule is C=C[C@@H]1C[C@@H]2C[C@@H](P(C)P)N(CCCN)C(=O)[C@@H]2[C@@H]1C(=O)OC.C=C[C@@H]1C[C@H](/C=C/P(C)P)[C@H](C(=O)NCCCNC(=O)OCC)[C@@H]1C(=O)OC. The van der Waals surface area contributed by atoms with Crippen LogP contribution in [0.3, 0.4) is 0 Å². The number of methoxy groups -OCH3 is 2. The number of hydrogen-bond donors (Lipinski definition) is 3. The minimum atomic E-state index is -0.539. The maximum absolute atomic E-state index is 13.2. The van der Waals surface area contributed by atoms with E-state index in [0.29, 0.717) is 45.6 Å². The molecule has 0 aromatic rings. The lowest BCUT2D eigenvalue weighted by molar-refractivity contribution is -0.156. The summed E-state index contributed by atoms with van der Waals surface area (Å²) in [5, 5.41) is 5.50. The third kappa shape index (κ3) is 12.6. The van der Waals surface area contributed by atoms with Gasteiger partial charge in [0.25, 0.3) is 0 Å². The predicted octanol–water partition coefficient (Wildman–Crippen LogP) is 4.90. The monoisotopic (exact) mass is 788 g/mol. The topological polar surface area (TPSA) is 166 Å². The molecule has 51 heavy (non-hydrogen) atoms. The van der Waals surface area contributed by atoms with Gasteiger partial charge < -0.3 is 35.5 Å². The summed E-state index contributed by atoms with van der Waals surface area (Å²) in [6.45, 7) is 16.1. The van der Waals surface area contributed by atoms with E-state index in [0.717, 1.165) is 19.3 Å². The van der Waals surface area contributed by atoms with Gasteiger partial charge in [0.1, 0.15) is 0 Å². The number of nitrogens with two attached hydrogens (primary N) is 1. The quantitative estimate of drug-likeness (QED) is 0.0648. The molecule has 0 radical (unpaired) electrons. The number of ether oxygens (including phenoxy) is 3. The lowest BCUT2D eigenvalue weighted by atomic mass is 9.82. The van der Waals surface area contributed by atoms with Crippen LogP contribution < -0.4 is 16.4 Å². The van der Waals surface area contributed by atoms with Crippen LogP contribution in [0.5, 0.6) is 0 Å². The molecule has 1 heterocycles. The molecular formula is C35H60N4O8P4. The summed E-state index contributed by atoms with van der Waals surface area (Å²) in [6.07, 6.45) is 9.01. The number of amides is 3. The van der Waals surface area contributed by atoms with Crippen LogP contribution >= 0.6 is 33.1 Å². The Morgan fingerprint density at radius 3 is 2.08 bits per heavy atom. The zero-order valence-electron chi connectivity index (χ0n) is 30.8. The number of nitrogens with zero attached hydrogens (tertiary/aromatic N) is 1. The van der Waals surface area contributed by atoms with Crippen molar-refractivity contribution in [2.24, 2.45) is 53.1 Å². The molecule has 16 heteroatoms. The van der Waals surface area contributed by atoms with Crippen LogP contribution in [0.4, 0.5) is 4.79 Å². The number of rotatable bonds is 16. The largest absolute Gasteiger partial charge is 0.469 e. The normalized spacial score (nSPS) is 29.5. The molecule has 0 aromatic heterocycles. The van der Waals surface area contributed by atoms with Crippen molar-refractivity contribution < 1.29 is 38.2 Å². The Kier molecular flexibility index (Phi) is 20.4. The molecule has 12 nitrogen and oxygen atoms in total. The Labute approximate surface area is 311 Å². The fourth-order valence-corrected chi connectivity index (χ4v) is 10.5. The van der Waals surface area contributed by atoms with Crippen molar-refractivity contribution in [2.75, 3.05) is 60.3 Å². The second kappa shape index (κ2) is 23.0. The highest BCUT2D eigenvalue weighted by Crippen LogP contribution is 2.57. The Morgan fingerprint density at radius 2 is 1.53 bits per heavy atom. The van der Waals surface area contributed by atoms with Crippen LogP contribution in [0.2, 0.25) is 0 Å². The maximum atomic E-state index is 13.2. The van der Waals surface area contributed by atoms with Crippen molar-refractivity contribution >= 4 is 62.9 Å². The molecule has 0 spiro atoms. The van der Waals surface area contributed by atoms with Crippen molar-refractivity contribution in [1.29, 1.82) is 0 Å². The maximum Gasteiger partial charge on any atom is 0.407 e. The summed E-state index contributed by atoms with van der Waals surface area (Å²) >= 11 is 0. The van der Waals surface area contributed by atoms with Crippen molar-refractivity contribution in [3.63, 3.8) is 0 Å². The van der Waals surface area contributed by atoms with E-state index in [4.69, 9.17) is 19.9 Å². The number of alkyl carbamates (subject to hydrolysis) is 1. The van der Waals surface area contributed by atoms with Crippen molar-refractivity contribution in [3.05, 3.63) is 37.2 Å². The zero-order chi connectivity index (χ0) is 38.2. The molecule has 0 aromatic carbocycles. The number of fused-ring (bicyclic) bond motifs is 1. The van der Waals surface area contributed by atoms with Crippen LogP contribution in [0, 0.1) is 47.3 Å². The second-order valence-corrected chi connectivity index (χ2v) is 21.6. The standard InChI is InChI=1S/C19H32N2O5P2.C16H28N2O3P2/c1-5-13-12-14(8-11-28(4)27)15(16(13)18(23)25-3)17(22)20-9-7-10-21-19(24)26-6-2;1-4-10-8-11-9-12(23(3)22)18(7-5-6-17)15(19)13(11)14(10)16(20)21-2/h5,8,11,13-16H,1,6-7,9-10,12,27H2,2-4H3,(H,20,22)(H,21,24);4,10-14H,1,5-9,17,22H2,2-3H3/b11-8+;/t13-,14+,15+,16-,28?;10-,11-,12-,13+,14-,23?/m11/s1. The lowest BCUT2D eigenvalue weighted by Crippen LogP contribution is -2.52. The van der Waals surface area contributed by atoms with Crippen LogP contribution in [0.15, 0.2) is 37.2 Å². The van der Waals surface area contributed by atoms with E-state index in [-0.39, 0.29) is 80.3 Å². The third-order valence-corrected chi connectivity index (χ3v) is 13.5. The van der Waals surface area contributed by atoms with E-state index >= 15 is 0 Å². The summed E-state index contributed by atoms with van der Waals surface area (Å²) < 4.78 is 14.7. The molecule has 4 N–H and O–H groups in total. The van der Waals surface area contributed by atoms with E-state index < -0.39 is 17.9 Å². The first-order valence-corrected chi connectivity index (χ1v) is 24.5. The fourth-order valence-electron chi connectivity index (χ4n) is 7.58. The van der Waals surface area contributed by atoms with Gasteiger partial charge in [0.15, 0.2) is 0 Å². The van der Waals surface area contributed by atoms with Gasteiger partial charge in [-0.05, 0) is 82.6 Å². The summed E-state index contributed by atoms with van der Waals surface area (Å²) in [4.78, 5) is 63.9. The van der Waals surface area contributed by atoms with E-state index in [1.807, 2.05) is 17.1 Å². The van der Waals surface area contributed by atoms with Gasteiger partial charge in [-0.3, -0.25) is 19.2 Å². The molecule has 0 bridgehead atoms. The number of likely N-dealkylation sites (tertiary alicyclic amines) is 1. The van der Waals surface area contributed by atoms with Crippen molar-refractivity contribution in [2.45, 2.75) is 44.8 Å². The highest BCUT2D eigenvalue weighted by Gasteiger charge is 2.55. The molecule has 3 aliphatic rings. The van der Waals surface area contributed by atoms with Crippen LogP contribution in [-0.2, 0) is 33.4 Å². The Balaban J connectivity index is 0.000000360. The van der Waals surface area contributed by atoms with E-state index in [1.54, 1.807) is 13.0 Å². The Bertz CT molecular complexity index is 1240. The Morgan fingerprint density at radius 1 is 0.922 bits per heavy atom. The average molecular weight is 789 g/mol. The summed E-state index contributed by atoms with van der Waals surface area (Å²) in [6, 6.07) is 0. The number of nitrogens with one attached hydrogen (secondary N) is 2. The number of carbonyl (C=O) groups is 5. The summed E-state index contributed by atoms with van der Waals surface area (Å²) in [7, 11) is 7.72. The number of piperidine rings is 1. The summed E-state index contributed by atoms with van der Waals surface area (Å²) in [5.41, 5.74) is 5.63. The first-order chi connectivity index (χ1) is 24.3. The predicted molar refractivity (Wildman–Crippen MR) is 212 cm³/mol. The smallest absolute Gasteiger partial charge is 0.407 e. The average Bonchev–Trinajstić information content (AvgIpc) is 3.68. The zero-order valence-corrected chi connectivity index (χ0v) is 34.9. The lowest BCUT2D eigenvalue weighted by Gasteiger charge is -2.44. The van der Waals surface area contributed by atoms with Gasteiger partial charge >= 0.3 is 18.0 Å². The molecule has 3 amide bonds. The molecule has 1 saturated heterocycles. The fraction of sp³-hybridized carbons (Fsp3) is 0.686. The molecule has 3 rings (SSSR count). The summed E-state index contributed by atoms with van der Waals surface area (Å²) in [5.74, 6) is 0.0776. The molecule has 2 saturated carbocycles. The van der Waals surface area contributed by atoms with E-state index in [2.05, 4.69) is 60.8 Å². The first kappa shape index (κ1) is 45.2.